The first-order valence-electron chi connectivity index (χ1n) is 8.58. The second kappa shape index (κ2) is 17.0. The minimum Gasteiger partial charge on any atom is -0.0654 e. The maximum atomic E-state index is 2.35. The highest BCUT2D eigenvalue weighted by Crippen LogP contribution is 2.12. The first-order valence-corrected chi connectivity index (χ1v) is 8.58. The van der Waals surface area contributed by atoms with Crippen molar-refractivity contribution >= 4 is 0 Å². The Morgan fingerprint density at radius 2 is 1.11 bits per heavy atom. The van der Waals surface area contributed by atoms with E-state index in [-0.39, 0.29) is 0 Å². The van der Waals surface area contributed by atoms with Gasteiger partial charge in [-0.1, -0.05) is 106 Å². The van der Waals surface area contributed by atoms with E-state index in [1.54, 1.807) is 0 Å². The monoisotopic (exact) mass is 256 g/mol. The van der Waals surface area contributed by atoms with Crippen LogP contribution in [0.25, 0.3) is 0 Å². The molecule has 0 aliphatic carbocycles. The molecule has 0 rings (SSSR count). The molecule has 0 radical (unpaired) electrons. The Kier molecular flexibility index (Phi) is 19.2. The summed E-state index contributed by atoms with van der Waals surface area (Å²) in [5.41, 5.74) is 0. The average molecular weight is 257 g/mol. The molecule has 112 valence electrons. The van der Waals surface area contributed by atoms with Crippen molar-refractivity contribution < 1.29 is 0 Å². The molecule has 0 aliphatic heterocycles. The third kappa shape index (κ3) is 21.3. The molecule has 0 heterocycles. The first-order chi connectivity index (χ1) is 8.58. The van der Waals surface area contributed by atoms with Crippen LogP contribution in [0.2, 0.25) is 0 Å². The van der Waals surface area contributed by atoms with Crippen LogP contribution in [0, 0.1) is 11.8 Å². The molecule has 0 amide bonds. The quantitative estimate of drug-likeness (QED) is 0.362. The normalized spacial score (nSPS) is 12.2. The van der Waals surface area contributed by atoms with Crippen LogP contribution in [0.15, 0.2) is 0 Å². The molecule has 0 saturated carbocycles. The van der Waals surface area contributed by atoms with Crippen molar-refractivity contribution in [2.75, 3.05) is 0 Å². The zero-order chi connectivity index (χ0) is 14.2. The Labute approximate surface area is 118 Å². The molecule has 0 N–H and O–H groups in total. The minimum absolute atomic E-state index is 0.904. The fraction of sp³-hybridized carbons (Fsp3) is 1.00. The van der Waals surface area contributed by atoms with Crippen LogP contribution >= 0.6 is 0 Å². The van der Waals surface area contributed by atoms with Crippen LogP contribution in [0.3, 0.4) is 0 Å². The van der Waals surface area contributed by atoms with E-state index in [0.29, 0.717) is 0 Å². The summed E-state index contributed by atoms with van der Waals surface area (Å²) in [4.78, 5) is 0. The molecular formula is C18H40. The number of unbranched alkanes of at least 4 members (excludes halogenated alkanes) is 5. The van der Waals surface area contributed by atoms with Gasteiger partial charge >= 0.3 is 0 Å². The molecule has 1 unspecified atom stereocenters. The topological polar surface area (TPSA) is 0 Å². The van der Waals surface area contributed by atoms with Gasteiger partial charge in [-0.2, -0.15) is 0 Å². The SMILES string of the molecule is CCCCCC(C)C.CCCCCCC(C)CC. The Balaban J connectivity index is 0. The highest BCUT2D eigenvalue weighted by molar-refractivity contribution is 4.50. The van der Waals surface area contributed by atoms with Gasteiger partial charge in [0.2, 0.25) is 0 Å². The summed E-state index contributed by atoms with van der Waals surface area (Å²) < 4.78 is 0. The summed E-state index contributed by atoms with van der Waals surface area (Å²) in [7, 11) is 0. The molecule has 0 saturated heterocycles. The fourth-order valence-corrected chi connectivity index (χ4v) is 1.93. The van der Waals surface area contributed by atoms with Crippen LogP contribution in [0.4, 0.5) is 0 Å². The van der Waals surface area contributed by atoms with Gasteiger partial charge in [0.1, 0.15) is 0 Å². The predicted molar refractivity (Wildman–Crippen MR) is 87.2 cm³/mol. The lowest BCUT2D eigenvalue weighted by atomic mass is 10.0. The third-order valence-electron chi connectivity index (χ3n) is 3.63. The molecule has 0 spiro atoms. The Morgan fingerprint density at radius 3 is 1.56 bits per heavy atom. The van der Waals surface area contributed by atoms with Gasteiger partial charge < -0.3 is 0 Å². The largest absolute Gasteiger partial charge is 0.0654 e. The van der Waals surface area contributed by atoms with Crippen LogP contribution in [0.5, 0.6) is 0 Å². The van der Waals surface area contributed by atoms with Crippen molar-refractivity contribution in [3.8, 4) is 0 Å². The summed E-state index contributed by atoms with van der Waals surface area (Å²) in [6.45, 7) is 13.7. The Morgan fingerprint density at radius 1 is 0.611 bits per heavy atom. The van der Waals surface area contributed by atoms with Gasteiger partial charge in [0, 0.05) is 0 Å². The van der Waals surface area contributed by atoms with E-state index >= 15 is 0 Å². The third-order valence-corrected chi connectivity index (χ3v) is 3.63. The van der Waals surface area contributed by atoms with Crippen LogP contribution in [-0.4, -0.2) is 0 Å². The number of hydrogen-bond donors (Lipinski definition) is 0. The molecule has 18 heavy (non-hydrogen) atoms. The maximum absolute atomic E-state index is 2.35. The number of hydrogen-bond acceptors (Lipinski definition) is 0. The van der Waals surface area contributed by atoms with Gasteiger partial charge in [0.25, 0.3) is 0 Å². The van der Waals surface area contributed by atoms with E-state index in [1.165, 1.54) is 64.2 Å². The van der Waals surface area contributed by atoms with Gasteiger partial charge in [-0.15, -0.1) is 0 Å². The Hall–Kier alpha value is 0. The fourth-order valence-electron chi connectivity index (χ4n) is 1.93. The standard InChI is InChI=1S/C10H22.C8H18/c1-4-6-7-8-9-10(3)5-2;1-4-5-6-7-8(2)3/h10H,4-9H2,1-3H3;8H,4-7H2,1-3H3. The molecular weight excluding hydrogens is 216 g/mol. The van der Waals surface area contributed by atoms with Crippen molar-refractivity contribution in [1.29, 1.82) is 0 Å². The van der Waals surface area contributed by atoms with Gasteiger partial charge in [-0.05, 0) is 11.8 Å². The van der Waals surface area contributed by atoms with Crippen LogP contribution < -0.4 is 0 Å². The second-order valence-electron chi connectivity index (χ2n) is 6.25. The summed E-state index contributed by atoms with van der Waals surface area (Å²) in [5, 5.41) is 0. The van der Waals surface area contributed by atoms with E-state index in [2.05, 4.69) is 41.5 Å². The first kappa shape index (κ1) is 20.3. The van der Waals surface area contributed by atoms with E-state index in [1.807, 2.05) is 0 Å². The highest BCUT2D eigenvalue weighted by Gasteiger charge is 1.96. The van der Waals surface area contributed by atoms with E-state index in [0.717, 1.165) is 11.8 Å². The summed E-state index contributed by atoms with van der Waals surface area (Å²) in [6, 6.07) is 0. The maximum Gasteiger partial charge on any atom is -0.0445 e. The second-order valence-corrected chi connectivity index (χ2v) is 6.25. The molecule has 0 aromatic heterocycles. The zero-order valence-corrected chi connectivity index (χ0v) is 14.2. The lowest BCUT2D eigenvalue weighted by molar-refractivity contribution is 0.477. The molecule has 0 bridgehead atoms. The summed E-state index contributed by atoms with van der Waals surface area (Å²) in [6.07, 6.45) is 14.1. The highest BCUT2D eigenvalue weighted by atomic mass is 14.0. The molecule has 0 aromatic carbocycles. The van der Waals surface area contributed by atoms with Crippen molar-refractivity contribution in [3.63, 3.8) is 0 Å². The van der Waals surface area contributed by atoms with Crippen molar-refractivity contribution in [3.05, 3.63) is 0 Å². The molecule has 1 atom stereocenters. The summed E-state index contributed by atoms with van der Waals surface area (Å²) >= 11 is 0. The lowest BCUT2D eigenvalue weighted by Gasteiger charge is -2.06. The van der Waals surface area contributed by atoms with Crippen molar-refractivity contribution in [2.24, 2.45) is 11.8 Å². The van der Waals surface area contributed by atoms with Gasteiger partial charge in [-0.3, -0.25) is 0 Å². The van der Waals surface area contributed by atoms with E-state index in [4.69, 9.17) is 0 Å². The smallest absolute Gasteiger partial charge is 0.0445 e. The molecule has 0 aromatic rings. The lowest BCUT2D eigenvalue weighted by Crippen LogP contribution is -1.91. The number of rotatable bonds is 10. The van der Waals surface area contributed by atoms with Gasteiger partial charge in [0.15, 0.2) is 0 Å². The molecule has 0 aliphatic rings. The molecule has 0 heteroatoms. The molecule has 0 nitrogen and oxygen atoms in total. The zero-order valence-electron chi connectivity index (χ0n) is 14.2. The average Bonchev–Trinajstić information content (AvgIpc) is 2.35. The molecule has 0 fully saturated rings. The van der Waals surface area contributed by atoms with E-state index < -0.39 is 0 Å². The summed E-state index contributed by atoms with van der Waals surface area (Å²) in [5.74, 6) is 1.86. The van der Waals surface area contributed by atoms with Gasteiger partial charge in [-0.25, -0.2) is 0 Å². The van der Waals surface area contributed by atoms with E-state index in [9.17, 15) is 0 Å². The van der Waals surface area contributed by atoms with Crippen molar-refractivity contribution in [1.82, 2.24) is 0 Å². The van der Waals surface area contributed by atoms with Crippen LogP contribution in [0.1, 0.15) is 106 Å². The minimum atomic E-state index is 0.904. The Bertz CT molecular complexity index is 126. The van der Waals surface area contributed by atoms with Gasteiger partial charge in [0.05, 0.1) is 0 Å². The van der Waals surface area contributed by atoms with Crippen molar-refractivity contribution in [2.45, 2.75) is 106 Å². The van der Waals surface area contributed by atoms with Crippen LogP contribution in [-0.2, 0) is 0 Å². The predicted octanol–water partition coefficient (Wildman–Crippen LogP) is 7.23.